The molecule has 0 aliphatic carbocycles. The molecule has 280 valence electrons. The van der Waals surface area contributed by atoms with E-state index in [4.69, 9.17) is 32.8 Å². The Morgan fingerprint density at radius 1 is 0.673 bits per heavy atom. The minimum absolute atomic E-state index is 0.0391. The van der Waals surface area contributed by atoms with Gasteiger partial charge in [0.05, 0.1) is 35.8 Å². The maximum Gasteiger partial charge on any atom is 0.347 e. The second-order valence-corrected chi connectivity index (χ2v) is 12.6. The first-order valence-corrected chi connectivity index (χ1v) is 17.1. The minimum atomic E-state index is -1.70. The lowest BCUT2D eigenvalue weighted by atomic mass is 9.97. The van der Waals surface area contributed by atoms with E-state index in [1.54, 1.807) is 79.7 Å². The van der Waals surface area contributed by atoms with Crippen molar-refractivity contribution < 1.29 is 57.4 Å². The molecular formula is C42H34O13. The summed E-state index contributed by atoms with van der Waals surface area (Å²) in [6, 6.07) is 30.1. The fourth-order valence-electron chi connectivity index (χ4n) is 6.41. The molecule has 5 atom stereocenters. The van der Waals surface area contributed by atoms with Gasteiger partial charge in [0.1, 0.15) is 34.5 Å². The number of phenols is 1. The van der Waals surface area contributed by atoms with E-state index in [0.717, 1.165) is 0 Å². The van der Waals surface area contributed by atoms with Crippen LogP contribution in [-0.2, 0) is 18.9 Å². The van der Waals surface area contributed by atoms with Gasteiger partial charge in [-0.15, -0.1) is 0 Å². The summed E-state index contributed by atoms with van der Waals surface area (Å²) in [6.45, 7) is 0.822. The molecule has 1 saturated heterocycles. The van der Waals surface area contributed by atoms with Crippen LogP contribution in [-0.4, -0.2) is 72.5 Å². The molecule has 0 bridgehead atoms. The molecule has 13 heteroatoms. The van der Waals surface area contributed by atoms with E-state index >= 15 is 0 Å². The van der Waals surface area contributed by atoms with Crippen LogP contribution in [0, 0.1) is 6.92 Å². The van der Waals surface area contributed by atoms with Gasteiger partial charge in [-0.05, 0) is 72.3 Å². The Hall–Kier alpha value is -6.70. The summed E-state index contributed by atoms with van der Waals surface area (Å²) >= 11 is 0. The molecule has 13 nitrogen and oxygen atoms in total. The zero-order chi connectivity index (χ0) is 38.6. The molecule has 55 heavy (non-hydrogen) atoms. The first-order chi connectivity index (χ1) is 26.6. The van der Waals surface area contributed by atoms with E-state index in [1.807, 2.05) is 0 Å². The second-order valence-electron chi connectivity index (χ2n) is 12.6. The molecular weight excluding hydrogens is 712 g/mol. The molecule has 1 aliphatic rings. The van der Waals surface area contributed by atoms with Gasteiger partial charge in [-0.3, -0.25) is 0 Å². The largest absolute Gasteiger partial charge is 0.506 e. The standard InChI is InChI=1S/C42H34O13/c1-23-18-27-19-28-20-29(49-2)21-30(32(28)34(44)33(27)41(48)50-23)51-42-37(55-40(47)26-16-10-5-11-17-26)36(54-39(46)25-14-8-4-9-15-25)35(31(22-43)52-42)53-38(45)24-12-6-3-7-13-24/h3-21,31,35-37,42-44H,22H2,1-2H3/t31-,35-,36+,37-,42-/m1/s1. The number of aryl methyl sites for hydroxylation is 1. The van der Waals surface area contributed by atoms with Crippen molar-refractivity contribution in [2.24, 2.45) is 0 Å². The number of aliphatic hydroxyl groups is 1. The van der Waals surface area contributed by atoms with Crippen LogP contribution in [0.2, 0.25) is 0 Å². The number of aliphatic hydroxyl groups excluding tert-OH is 1. The number of hydrogen-bond donors (Lipinski definition) is 2. The van der Waals surface area contributed by atoms with Crippen molar-refractivity contribution in [3.63, 3.8) is 0 Å². The van der Waals surface area contributed by atoms with Crippen LogP contribution >= 0.6 is 0 Å². The first kappa shape index (κ1) is 36.6. The molecule has 0 amide bonds. The predicted molar refractivity (Wildman–Crippen MR) is 196 cm³/mol. The Labute approximate surface area is 313 Å². The normalized spacial score (nSPS) is 19.4. The van der Waals surface area contributed by atoms with Crippen LogP contribution in [0.4, 0.5) is 0 Å². The lowest BCUT2D eigenvalue weighted by Crippen LogP contribution is -2.63. The molecule has 1 fully saturated rings. The Kier molecular flexibility index (Phi) is 10.5. The number of fused-ring (bicyclic) bond motifs is 2. The van der Waals surface area contributed by atoms with Crippen molar-refractivity contribution in [1.29, 1.82) is 0 Å². The summed E-state index contributed by atoms with van der Waals surface area (Å²) in [5.74, 6) is -2.58. The van der Waals surface area contributed by atoms with Crippen LogP contribution in [0.3, 0.4) is 0 Å². The molecule has 0 saturated carbocycles. The Bertz CT molecular complexity index is 2410. The highest BCUT2D eigenvalue weighted by atomic mass is 16.7. The van der Waals surface area contributed by atoms with E-state index < -0.39 is 66.6 Å². The number of rotatable bonds is 10. The summed E-state index contributed by atoms with van der Waals surface area (Å²) in [5, 5.41) is 23.0. The summed E-state index contributed by atoms with van der Waals surface area (Å²) < 4.78 is 41.4. The molecule has 7 rings (SSSR count). The number of carbonyl (C=O) groups is 3. The van der Waals surface area contributed by atoms with Gasteiger partial charge in [0, 0.05) is 6.07 Å². The lowest BCUT2D eigenvalue weighted by molar-refractivity contribution is -0.275. The molecule has 0 spiro atoms. The highest BCUT2D eigenvalue weighted by Gasteiger charge is 2.54. The van der Waals surface area contributed by atoms with Gasteiger partial charge in [0.2, 0.25) is 12.4 Å². The van der Waals surface area contributed by atoms with Crippen molar-refractivity contribution in [3.05, 3.63) is 148 Å². The number of carbonyl (C=O) groups excluding carboxylic acids is 3. The monoisotopic (exact) mass is 746 g/mol. The number of benzene rings is 5. The topological polar surface area (TPSA) is 177 Å². The molecule has 1 aliphatic heterocycles. The van der Waals surface area contributed by atoms with Crippen molar-refractivity contribution in [2.45, 2.75) is 37.6 Å². The van der Waals surface area contributed by atoms with Gasteiger partial charge in [0.15, 0.2) is 12.2 Å². The van der Waals surface area contributed by atoms with Crippen molar-refractivity contribution in [1.82, 2.24) is 0 Å². The number of ether oxygens (including phenoxy) is 6. The van der Waals surface area contributed by atoms with E-state index in [9.17, 15) is 29.4 Å². The van der Waals surface area contributed by atoms with E-state index in [0.29, 0.717) is 16.5 Å². The highest BCUT2D eigenvalue weighted by Crippen LogP contribution is 2.43. The van der Waals surface area contributed by atoms with Gasteiger partial charge in [-0.1, -0.05) is 54.6 Å². The Morgan fingerprint density at radius 3 is 1.71 bits per heavy atom. The van der Waals surface area contributed by atoms with E-state index in [1.165, 1.54) is 49.6 Å². The minimum Gasteiger partial charge on any atom is -0.506 e. The molecule has 2 N–H and O–H groups in total. The van der Waals surface area contributed by atoms with Gasteiger partial charge in [0.25, 0.3) is 0 Å². The summed E-state index contributed by atoms with van der Waals surface area (Å²) in [7, 11) is 1.42. The van der Waals surface area contributed by atoms with Crippen LogP contribution in [0.15, 0.2) is 124 Å². The maximum atomic E-state index is 13.8. The third kappa shape index (κ3) is 7.56. The zero-order valence-electron chi connectivity index (χ0n) is 29.4. The van der Waals surface area contributed by atoms with Gasteiger partial charge in [-0.2, -0.15) is 0 Å². The maximum absolute atomic E-state index is 13.8. The molecule has 1 aromatic heterocycles. The van der Waals surface area contributed by atoms with E-state index in [2.05, 4.69) is 0 Å². The molecule has 5 aromatic carbocycles. The fourth-order valence-corrected chi connectivity index (χ4v) is 6.41. The number of esters is 3. The molecule has 0 radical (unpaired) electrons. The van der Waals surface area contributed by atoms with Crippen molar-refractivity contribution in [3.8, 4) is 17.2 Å². The van der Waals surface area contributed by atoms with Gasteiger partial charge >= 0.3 is 23.5 Å². The SMILES string of the molecule is COc1cc(O[C@@H]2O[C@H](CO)[C@@H](OC(=O)c3ccccc3)[C@H](OC(=O)c3ccccc3)[C@H]2OC(=O)c2ccccc2)c2c(O)c3c(=O)oc(C)cc3cc2c1. The second kappa shape index (κ2) is 15.7. The summed E-state index contributed by atoms with van der Waals surface area (Å²) in [6.07, 6.45) is -8.01. The lowest BCUT2D eigenvalue weighted by Gasteiger charge is -2.44. The van der Waals surface area contributed by atoms with Gasteiger partial charge < -0.3 is 43.1 Å². The predicted octanol–water partition coefficient (Wildman–Crippen LogP) is 5.74. The van der Waals surface area contributed by atoms with Crippen molar-refractivity contribution in [2.75, 3.05) is 13.7 Å². The number of hydrogen-bond acceptors (Lipinski definition) is 13. The average molecular weight is 747 g/mol. The average Bonchev–Trinajstić information content (AvgIpc) is 3.20. The molecule has 0 unspecified atom stereocenters. The molecule has 2 heterocycles. The summed E-state index contributed by atoms with van der Waals surface area (Å²) in [4.78, 5) is 53.9. The smallest absolute Gasteiger partial charge is 0.347 e. The van der Waals surface area contributed by atoms with Crippen LogP contribution < -0.4 is 15.1 Å². The zero-order valence-corrected chi connectivity index (χ0v) is 29.4. The Morgan fingerprint density at radius 2 is 1.18 bits per heavy atom. The Balaban J connectivity index is 1.37. The molecule has 6 aromatic rings. The highest BCUT2D eigenvalue weighted by molar-refractivity contribution is 6.07. The van der Waals surface area contributed by atoms with Crippen LogP contribution in [0.25, 0.3) is 21.5 Å². The van der Waals surface area contributed by atoms with Crippen molar-refractivity contribution >= 4 is 39.5 Å². The van der Waals surface area contributed by atoms with E-state index in [-0.39, 0.29) is 39.0 Å². The number of methoxy groups -OCH3 is 1. The number of aromatic hydroxyl groups is 1. The fraction of sp³-hybridized carbons (Fsp3) is 0.190. The first-order valence-electron chi connectivity index (χ1n) is 17.1. The third-order valence-corrected chi connectivity index (χ3v) is 9.00. The van der Waals surface area contributed by atoms with Gasteiger partial charge in [-0.25, -0.2) is 19.2 Å². The number of phenolic OH excluding ortho intramolecular Hbond substituents is 1. The quantitative estimate of drug-likeness (QED) is 0.0986. The summed E-state index contributed by atoms with van der Waals surface area (Å²) in [5.41, 5.74) is -0.405. The van der Waals surface area contributed by atoms with Crippen LogP contribution in [0.5, 0.6) is 17.2 Å². The third-order valence-electron chi connectivity index (χ3n) is 9.00. The van der Waals surface area contributed by atoms with Crippen LogP contribution in [0.1, 0.15) is 36.8 Å².